The van der Waals surface area contributed by atoms with Gasteiger partial charge in [0.1, 0.15) is 0 Å². The van der Waals surface area contributed by atoms with Gasteiger partial charge in [0.15, 0.2) is 0 Å². The monoisotopic (exact) mass is 339 g/mol. The Labute approximate surface area is 128 Å². The number of unbranched alkanes of at least 4 members (excludes halogenated alkanes) is 2. The third-order valence-corrected chi connectivity index (χ3v) is 6.36. The summed E-state index contributed by atoms with van der Waals surface area (Å²) in [4.78, 5) is 5.22. The fourth-order valence-corrected chi connectivity index (χ4v) is 5.72. The van der Waals surface area contributed by atoms with Crippen molar-refractivity contribution < 1.29 is 5.11 Å². The first-order valence-electron chi connectivity index (χ1n) is 7.56. The number of nitrogens with zero attached hydrogens (tertiary/aromatic N) is 1. The van der Waals surface area contributed by atoms with Crippen molar-refractivity contribution in [1.82, 2.24) is 0 Å². The summed E-state index contributed by atoms with van der Waals surface area (Å²) in [5.41, 5.74) is 1.58. The predicted molar refractivity (Wildman–Crippen MR) is 86.6 cm³/mol. The average Bonchev–Trinajstić information content (AvgIpc) is 2.38. The summed E-state index contributed by atoms with van der Waals surface area (Å²) in [6.45, 7) is 6.19. The summed E-state index contributed by atoms with van der Waals surface area (Å²) in [6, 6.07) is 8.54. The van der Waals surface area contributed by atoms with Gasteiger partial charge in [0.05, 0.1) is 0 Å². The molecular formula is C17H25NOSe. The average molecular weight is 338 g/mol. The maximum absolute atomic E-state index is 10.4. The van der Waals surface area contributed by atoms with Gasteiger partial charge < -0.3 is 0 Å². The summed E-state index contributed by atoms with van der Waals surface area (Å²) < 4.78 is 1.13. The number of aliphatic hydroxyl groups is 1. The molecule has 1 aromatic rings. The molecule has 0 aliphatic carbocycles. The topological polar surface area (TPSA) is 32.6 Å². The molecule has 2 atom stereocenters. The maximum atomic E-state index is 10.4. The van der Waals surface area contributed by atoms with Crippen LogP contribution in [0.3, 0.4) is 0 Å². The van der Waals surface area contributed by atoms with Gasteiger partial charge in [-0.2, -0.15) is 0 Å². The SMILES string of the molecule is CCCCCC1CC(C)(O)N=C(c2ccc(C)cc2)[Se]1. The van der Waals surface area contributed by atoms with E-state index in [0.29, 0.717) is 19.8 Å². The summed E-state index contributed by atoms with van der Waals surface area (Å²) in [5, 5.41) is 10.4. The Kier molecular flexibility index (Phi) is 5.42. The van der Waals surface area contributed by atoms with Crippen LogP contribution < -0.4 is 0 Å². The number of aryl methyl sites for hydroxylation is 1. The Balaban J connectivity index is 2.11. The van der Waals surface area contributed by atoms with E-state index in [0.717, 1.165) is 11.0 Å². The molecule has 3 heteroatoms. The molecule has 0 aromatic heterocycles. The number of hydrogen-bond acceptors (Lipinski definition) is 2. The molecule has 2 nitrogen and oxygen atoms in total. The zero-order valence-electron chi connectivity index (χ0n) is 12.7. The van der Waals surface area contributed by atoms with Crippen molar-refractivity contribution >= 4 is 19.6 Å². The molecule has 110 valence electrons. The van der Waals surface area contributed by atoms with Gasteiger partial charge in [-0.3, -0.25) is 0 Å². The van der Waals surface area contributed by atoms with Crippen molar-refractivity contribution in [2.45, 2.75) is 63.4 Å². The minimum absolute atomic E-state index is 0.380. The van der Waals surface area contributed by atoms with Gasteiger partial charge in [-0.05, 0) is 0 Å². The van der Waals surface area contributed by atoms with Crippen LogP contribution in [0.1, 0.15) is 57.1 Å². The Hall–Kier alpha value is -0.631. The fraction of sp³-hybridized carbons (Fsp3) is 0.588. The molecule has 0 radical (unpaired) electrons. The zero-order chi connectivity index (χ0) is 14.6. The molecule has 20 heavy (non-hydrogen) atoms. The second-order valence-electron chi connectivity index (χ2n) is 5.94. The molecule has 0 amide bonds. The normalized spacial score (nSPS) is 26.4. The molecule has 1 heterocycles. The van der Waals surface area contributed by atoms with E-state index in [2.05, 4.69) is 43.1 Å². The van der Waals surface area contributed by atoms with Crippen LogP contribution in [0.25, 0.3) is 0 Å². The molecule has 0 fully saturated rings. The first-order valence-corrected chi connectivity index (χ1v) is 9.40. The van der Waals surface area contributed by atoms with Gasteiger partial charge >= 0.3 is 128 Å². The number of aliphatic imine (C=N–C) groups is 1. The molecule has 1 aromatic carbocycles. The van der Waals surface area contributed by atoms with Crippen molar-refractivity contribution in [2.24, 2.45) is 4.99 Å². The van der Waals surface area contributed by atoms with Crippen LogP contribution in [-0.2, 0) is 0 Å². The molecule has 0 bridgehead atoms. The van der Waals surface area contributed by atoms with Crippen LogP contribution >= 0.6 is 0 Å². The van der Waals surface area contributed by atoms with Crippen molar-refractivity contribution in [3.05, 3.63) is 35.4 Å². The van der Waals surface area contributed by atoms with E-state index in [9.17, 15) is 5.11 Å². The van der Waals surface area contributed by atoms with Crippen LogP contribution in [0.15, 0.2) is 29.3 Å². The summed E-state index contributed by atoms with van der Waals surface area (Å²) in [7, 11) is 0. The van der Waals surface area contributed by atoms with Crippen LogP contribution in [0.4, 0.5) is 0 Å². The van der Waals surface area contributed by atoms with Crippen LogP contribution in [0.2, 0.25) is 4.82 Å². The minimum atomic E-state index is -0.878. The number of hydrogen-bond donors (Lipinski definition) is 1. The predicted octanol–water partition coefficient (Wildman–Crippen LogP) is 3.93. The molecule has 0 spiro atoms. The van der Waals surface area contributed by atoms with Gasteiger partial charge in [0, 0.05) is 0 Å². The third kappa shape index (κ3) is 4.44. The van der Waals surface area contributed by atoms with Crippen LogP contribution in [-0.4, -0.2) is 30.4 Å². The van der Waals surface area contributed by atoms with Crippen molar-refractivity contribution in [1.29, 1.82) is 0 Å². The molecule has 2 unspecified atom stereocenters. The van der Waals surface area contributed by atoms with E-state index in [4.69, 9.17) is 0 Å². The van der Waals surface area contributed by atoms with Gasteiger partial charge in [-0.1, -0.05) is 0 Å². The molecule has 0 saturated carbocycles. The summed E-state index contributed by atoms with van der Waals surface area (Å²) in [5.74, 6) is 0. The second-order valence-corrected chi connectivity index (χ2v) is 8.64. The molecule has 1 N–H and O–H groups in total. The van der Waals surface area contributed by atoms with Gasteiger partial charge in [-0.25, -0.2) is 0 Å². The van der Waals surface area contributed by atoms with Gasteiger partial charge in [0.25, 0.3) is 0 Å². The van der Waals surface area contributed by atoms with E-state index < -0.39 is 5.72 Å². The Morgan fingerprint density at radius 1 is 1.30 bits per heavy atom. The first kappa shape index (κ1) is 15.8. The van der Waals surface area contributed by atoms with E-state index in [1.165, 1.54) is 36.8 Å². The van der Waals surface area contributed by atoms with Crippen molar-refractivity contribution in [3.63, 3.8) is 0 Å². The second kappa shape index (κ2) is 6.89. The standard InChI is InChI=1S/C17H25NOSe/c1-4-5-6-7-15-12-17(3,19)18-16(20-15)14-10-8-13(2)9-11-14/h8-11,15,19H,4-7,12H2,1-3H3. The van der Waals surface area contributed by atoms with E-state index in [1.807, 2.05) is 6.92 Å². The quantitative estimate of drug-likeness (QED) is 0.640. The zero-order valence-corrected chi connectivity index (χ0v) is 14.4. The number of benzene rings is 1. The van der Waals surface area contributed by atoms with Crippen LogP contribution in [0.5, 0.6) is 0 Å². The number of rotatable bonds is 5. The molecule has 2 rings (SSSR count). The first-order chi connectivity index (χ1) is 9.50. The Morgan fingerprint density at radius 3 is 2.65 bits per heavy atom. The Bertz CT molecular complexity index is 464. The fourth-order valence-electron chi connectivity index (χ4n) is 2.53. The molecule has 0 saturated heterocycles. The molecule has 1 aliphatic rings. The van der Waals surface area contributed by atoms with Crippen molar-refractivity contribution in [3.8, 4) is 0 Å². The molecule has 1 aliphatic heterocycles. The Morgan fingerprint density at radius 2 is 2.00 bits per heavy atom. The van der Waals surface area contributed by atoms with Gasteiger partial charge in [0.2, 0.25) is 0 Å². The van der Waals surface area contributed by atoms with E-state index in [1.54, 1.807) is 0 Å². The summed E-state index contributed by atoms with van der Waals surface area (Å²) in [6.07, 6.45) is 5.89. The van der Waals surface area contributed by atoms with Crippen molar-refractivity contribution in [2.75, 3.05) is 0 Å². The molecular weight excluding hydrogens is 313 g/mol. The third-order valence-electron chi connectivity index (χ3n) is 3.66. The van der Waals surface area contributed by atoms with E-state index in [-0.39, 0.29) is 0 Å². The van der Waals surface area contributed by atoms with E-state index >= 15 is 0 Å². The summed E-state index contributed by atoms with van der Waals surface area (Å²) >= 11 is 0.380. The van der Waals surface area contributed by atoms with Gasteiger partial charge in [-0.15, -0.1) is 0 Å². The van der Waals surface area contributed by atoms with Crippen LogP contribution in [0, 0.1) is 6.92 Å².